The van der Waals surface area contributed by atoms with Gasteiger partial charge in [0.15, 0.2) is 6.29 Å². The maximum absolute atomic E-state index is 13.9. The summed E-state index contributed by atoms with van der Waals surface area (Å²) in [5, 5.41) is 14.8. The SMILES string of the molecule is COC(O)c1cnc2c(c1)C1C(=CC2=O)N(C(=O)c2cc3cc(NC(=O)c4cc5ccccc5[nH]4)ccc3[nH]2)C[C@H]1CCl. The fraction of sp³-hybridized carbons (Fsp3) is 0.188. The van der Waals surface area contributed by atoms with Gasteiger partial charge in [-0.25, -0.2) is 0 Å². The maximum Gasteiger partial charge on any atom is 0.274 e. The Morgan fingerprint density at radius 3 is 2.65 bits per heavy atom. The molecule has 2 unspecified atom stereocenters. The molecule has 0 saturated carbocycles. The molecular weight excluding hydrogens is 570 g/mol. The van der Waals surface area contributed by atoms with Gasteiger partial charge in [-0.2, -0.15) is 0 Å². The zero-order valence-corrected chi connectivity index (χ0v) is 23.7. The first-order valence-electron chi connectivity index (χ1n) is 13.7. The number of halogens is 1. The number of para-hydroxylation sites is 1. The Labute approximate surface area is 250 Å². The van der Waals surface area contributed by atoms with Gasteiger partial charge in [0, 0.05) is 82.4 Å². The number of methoxy groups -OCH3 is 1. The van der Waals surface area contributed by atoms with Gasteiger partial charge in [0.05, 0.1) is 0 Å². The van der Waals surface area contributed by atoms with Gasteiger partial charge in [0.2, 0.25) is 5.78 Å². The van der Waals surface area contributed by atoms with E-state index >= 15 is 0 Å². The number of aliphatic hydroxyl groups excluding tert-OH is 1. The van der Waals surface area contributed by atoms with Crippen molar-refractivity contribution in [3.05, 3.63) is 107 Å². The molecule has 0 spiro atoms. The van der Waals surface area contributed by atoms with E-state index in [0.29, 0.717) is 40.4 Å². The van der Waals surface area contributed by atoms with Crippen LogP contribution in [0.3, 0.4) is 0 Å². The zero-order valence-electron chi connectivity index (χ0n) is 22.9. The number of aliphatic hydroxyl groups is 1. The standard InChI is InChI=1S/C32H26ClN5O5/c1-43-32(42)18-9-21-28-19(13-33)15-38(26(28)12-27(39)29(21)34-14-18)31(41)25-11-17-8-20(6-7-23(17)37-25)35-30(40)24-10-16-4-2-3-5-22(16)36-24/h2-12,14,19,28,32,36-37,42H,13,15H2,1H3,(H,35,40)/t19-,28?,32?/m1/s1. The molecule has 11 heteroatoms. The van der Waals surface area contributed by atoms with Crippen LogP contribution in [0.5, 0.6) is 0 Å². The molecule has 10 nitrogen and oxygen atoms in total. The number of nitrogens with one attached hydrogen (secondary N) is 3. The summed E-state index contributed by atoms with van der Waals surface area (Å²) >= 11 is 6.38. The van der Waals surface area contributed by atoms with Crippen LogP contribution in [-0.4, -0.2) is 62.1 Å². The van der Waals surface area contributed by atoms with Crippen LogP contribution in [0.1, 0.15) is 54.8 Å². The predicted molar refractivity (Wildman–Crippen MR) is 161 cm³/mol. The van der Waals surface area contributed by atoms with E-state index in [-0.39, 0.29) is 41.0 Å². The number of nitrogens with zero attached hydrogens (tertiary/aromatic N) is 2. The Balaban J connectivity index is 1.16. The molecule has 4 N–H and O–H groups in total. The highest BCUT2D eigenvalue weighted by Crippen LogP contribution is 2.46. The van der Waals surface area contributed by atoms with Crippen molar-refractivity contribution in [2.45, 2.75) is 12.2 Å². The molecule has 1 saturated heterocycles. The number of likely N-dealkylation sites (tertiary alicyclic amines) is 1. The fourth-order valence-corrected chi connectivity index (χ4v) is 6.33. The number of pyridine rings is 1. The third-order valence-corrected chi connectivity index (χ3v) is 8.54. The van der Waals surface area contributed by atoms with Crippen molar-refractivity contribution in [3.8, 4) is 0 Å². The van der Waals surface area contributed by atoms with Gasteiger partial charge >= 0.3 is 0 Å². The van der Waals surface area contributed by atoms with Crippen molar-refractivity contribution in [3.63, 3.8) is 0 Å². The first kappa shape index (κ1) is 27.1. The number of allylic oxidation sites excluding steroid dienone is 2. The lowest BCUT2D eigenvalue weighted by atomic mass is 9.82. The average Bonchev–Trinajstić information content (AvgIpc) is 3.75. The Morgan fingerprint density at radius 2 is 1.86 bits per heavy atom. The van der Waals surface area contributed by atoms with Crippen LogP contribution >= 0.6 is 11.6 Å². The van der Waals surface area contributed by atoms with Crippen molar-refractivity contribution in [2.24, 2.45) is 5.92 Å². The summed E-state index contributed by atoms with van der Waals surface area (Å²) < 4.78 is 5.03. The largest absolute Gasteiger partial charge is 0.364 e. The molecule has 0 radical (unpaired) electrons. The van der Waals surface area contributed by atoms with Crippen molar-refractivity contribution >= 4 is 56.7 Å². The number of benzene rings is 2. The number of ether oxygens (including phenoxy) is 1. The Bertz CT molecular complexity index is 1940. The highest BCUT2D eigenvalue weighted by molar-refractivity contribution is 6.18. The molecule has 2 aromatic carbocycles. The maximum atomic E-state index is 13.9. The number of alkyl halides is 1. The molecule has 4 heterocycles. The smallest absolute Gasteiger partial charge is 0.274 e. The number of aromatic amines is 2. The van der Waals surface area contributed by atoms with Crippen molar-refractivity contribution in [1.29, 1.82) is 0 Å². The Kier molecular flexibility index (Phi) is 6.61. The van der Waals surface area contributed by atoms with Crippen LogP contribution < -0.4 is 5.32 Å². The van der Waals surface area contributed by atoms with E-state index in [1.54, 1.807) is 41.3 Å². The number of carbonyl (C=O) groups excluding carboxylic acids is 3. The van der Waals surface area contributed by atoms with Gasteiger partial charge in [-0.3, -0.25) is 19.4 Å². The van der Waals surface area contributed by atoms with Gasteiger partial charge in [-0.05, 0) is 48.0 Å². The monoisotopic (exact) mass is 595 g/mol. The van der Waals surface area contributed by atoms with E-state index in [0.717, 1.165) is 21.8 Å². The molecular formula is C32H26ClN5O5. The number of aromatic nitrogens is 3. The van der Waals surface area contributed by atoms with Crippen molar-refractivity contribution in [1.82, 2.24) is 19.9 Å². The highest BCUT2D eigenvalue weighted by Gasteiger charge is 2.45. The van der Waals surface area contributed by atoms with Gasteiger partial charge in [-0.1, -0.05) is 18.2 Å². The molecule has 1 fully saturated rings. The lowest BCUT2D eigenvalue weighted by Crippen LogP contribution is -2.29. The van der Waals surface area contributed by atoms with Crippen LogP contribution in [0.4, 0.5) is 5.69 Å². The molecule has 5 aromatic rings. The van der Waals surface area contributed by atoms with Crippen LogP contribution in [0.25, 0.3) is 21.8 Å². The normalized spacial score (nSPS) is 18.4. The second kappa shape index (κ2) is 10.5. The lowest BCUT2D eigenvalue weighted by Gasteiger charge is -2.26. The first-order chi connectivity index (χ1) is 20.8. The number of fused-ring (bicyclic) bond motifs is 5. The topological polar surface area (TPSA) is 140 Å². The summed E-state index contributed by atoms with van der Waals surface area (Å²) in [5.74, 6) is -1.16. The number of hydrogen-bond acceptors (Lipinski definition) is 6. The van der Waals surface area contributed by atoms with E-state index in [1.165, 1.54) is 19.4 Å². The summed E-state index contributed by atoms with van der Waals surface area (Å²) in [5.41, 5.74) is 4.81. The number of ketones is 1. The highest BCUT2D eigenvalue weighted by atomic mass is 35.5. The fourth-order valence-electron chi connectivity index (χ4n) is 6.05. The minimum absolute atomic E-state index is 0.170. The summed E-state index contributed by atoms with van der Waals surface area (Å²) in [6.45, 7) is 0.309. The van der Waals surface area contributed by atoms with Crippen LogP contribution in [-0.2, 0) is 4.74 Å². The summed E-state index contributed by atoms with van der Waals surface area (Å²) in [6, 6.07) is 18.3. The number of H-pyrrole nitrogens is 2. The van der Waals surface area contributed by atoms with E-state index in [2.05, 4.69) is 20.3 Å². The number of amides is 2. The van der Waals surface area contributed by atoms with Gasteiger partial charge < -0.3 is 30.0 Å². The van der Waals surface area contributed by atoms with Gasteiger partial charge in [-0.15, -0.1) is 11.6 Å². The third kappa shape index (κ3) is 4.60. The van der Waals surface area contributed by atoms with Crippen LogP contribution in [0.15, 0.2) is 78.6 Å². The number of carbonyl (C=O) groups is 3. The van der Waals surface area contributed by atoms with Gasteiger partial charge in [0.25, 0.3) is 11.8 Å². The quantitative estimate of drug-likeness (QED) is 0.159. The molecule has 43 heavy (non-hydrogen) atoms. The molecule has 216 valence electrons. The second-order valence-electron chi connectivity index (χ2n) is 10.7. The molecule has 3 atom stereocenters. The Morgan fingerprint density at radius 1 is 1.09 bits per heavy atom. The number of hydrogen-bond donors (Lipinski definition) is 4. The molecule has 1 aliphatic carbocycles. The van der Waals surface area contributed by atoms with Crippen LogP contribution in [0, 0.1) is 5.92 Å². The second-order valence-corrected chi connectivity index (χ2v) is 11.1. The third-order valence-electron chi connectivity index (χ3n) is 8.14. The van der Waals surface area contributed by atoms with Crippen LogP contribution in [0.2, 0.25) is 0 Å². The summed E-state index contributed by atoms with van der Waals surface area (Å²) in [7, 11) is 1.37. The minimum Gasteiger partial charge on any atom is -0.364 e. The number of rotatable bonds is 6. The summed E-state index contributed by atoms with van der Waals surface area (Å²) in [4.78, 5) is 52.0. The van der Waals surface area contributed by atoms with E-state index in [1.807, 2.05) is 24.3 Å². The molecule has 2 aliphatic rings. The zero-order chi connectivity index (χ0) is 29.8. The van der Waals surface area contributed by atoms with Crippen molar-refractivity contribution in [2.75, 3.05) is 24.9 Å². The summed E-state index contributed by atoms with van der Waals surface area (Å²) in [6.07, 6.45) is 1.68. The molecule has 0 bridgehead atoms. The first-order valence-corrected chi connectivity index (χ1v) is 14.2. The van der Waals surface area contributed by atoms with E-state index < -0.39 is 6.29 Å². The Hall–Kier alpha value is -4.77. The molecule has 1 aliphatic heterocycles. The van der Waals surface area contributed by atoms with E-state index in [4.69, 9.17) is 16.3 Å². The molecule has 2 amide bonds. The average molecular weight is 596 g/mol. The van der Waals surface area contributed by atoms with E-state index in [9.17, 15) is 19.5 Å². The lowest BCUT2D eigenvalue weighted by molar-refractivity contribution is -0.0772. The predicted octanol–water partition coefficient (Wildman–Crippen LogP) is 5.11. The number of anilines is 1. The van der Waals surface area contributed by atoms with Crippen molar-refractivity contribution < 1.29 is 24.2 Å². The molecule has 3 aromatic heterocycles. The minimum atomic E-state index is -1.20. The molecule has 7 rings (SSSR count). The van der Waals surface area contributed by atoms with Gasteiger partial charge in [0.1, 0.15) is 17.1 Å².